The van der Waals surface area contributed by atoms with Crippen molar-refractivity contribution in [2.75, 3.05) is 9.80 Å². The van der Waals surface area contributed by atoms with Gasteiger partial charge in [0, 0.05) is 22.2 Å². The fourth-order valence-electron chi connectivity index (χ4n) is 11.8. The summed E-state index contributed by atoms with van der Waals surface area (Å²) < 4.78 is 0. The lowest BCUT2D eigenvalue weighted by Gasteiger charge is -2.40. The first-order chi connectivity index (χ1) is 28.1. The van der Waals surface area contributed by atoms with Gasteiger partial charge in [-0.25, -0.2) is 0 Å². The molecule has 0 N–H and O–H groups in total. The third kappa shape index (κ3) is 4.77. The number of benzene rings is 7. The molecule has 7 aromatic carbocycles. The third-order valence-electron chi connectivity index (χ3n) is 14.3. The Hall–Kier alpha value is -6.12. The standard InChI is InChI=1S/C55H46N2/c1-37-19-25-42-43-26-22-38(34-47(43)54(46(42)33-37)29-9-10-30-54)20-21-39-23-27-44-45-28-24-41(36-49(45)55(48(44)35-39)31-11-12-32-55)57-52-17-7-5-15-50(52)56(40-13-3-2-4-14-40)51-16-6-8-18-53(51)57/h2-8,13-28,33-36H,9-12,29-32H2,1H3. The molecule has 57 heavy (non-hydrogen) atoms. The molecule has 1 heterocycles. The van der Waals surface area contributed by atoms with Gasteiger partial charge in [-0.15, -0.1) is 0 Å². The summed E-state index contributed by atoms with van der Waals surface area (Å²) in [5.41, 5.74) is 23.3. The Balaban J connectivity index is 0.917. The zero-order valence-electron chi connectivity index (χ0n) is 32.6. The lowest BCUT2D eigenvalue weighted by atomic mass is 9.76. The highest BCUT2D eigenvalue weighted by atomic mass is 15.3. The molecule has 0 unspecified atom stereocenters. The number of hydrogen-bond donors (Lipinski definition) is 0. The van der Waals surface area contributed by atoms with Crippen molar-refractivity contribution in [3.8, 4) is 22.3 Å². The van der Waals surface area contributed by atoms with Crippen LogP contribution in [0, 0.1) is 6.92 Å². The van der Waals surface area contributed by atoms with Gasteiger partial charge in [-0.3, -0.25) is 0 Å². The van der Waals surface area contributed by atoms with Gasteiger partial charge in [0.05, 0.1) is 22.7 Å². The van der Waals surface area contributed by atoms with E-state index in [1.54, 1.807) is 11.1 Å². The summed E-state index contributed by atoms with van der Waals surface area (Å²) in [5.74, 6) is 0. The fraction of sp³-hybridized carbons (Fsp3) is 0.200. The second-order valence-corrected chi connectivity index (χ2v) is 17.3. The number of rotatable bonds is 4. The minimum atomic E-state index is 0.0434. The maximum absolute atomic E-state index is 2.55. The summed E-state index contributed by atoms with van der Waals surface area (Å²) in [6.07, 6.45) is 14.8. The van der Waals surface area contributed by atoms with Crippen molar-refractivity contribution in [2.45, 2.75) is 69.1 Å². The molecule has 0 atom stereocenters. The molecule has 5 aliphatic rings. The third-order valence-corrected chi connectivity index (χ3v) is 14.3. The minimum Gasteiger partial charge on any atom is -0.306 e. The zero-order chi connectivity index (χ0) is 37.7. The lowest BCUT2D eigenvalue weighted by molar-refractivity contribution is 0.549. The number of nitrogens with zero attached hydrogens (tertiary/aromatic N) is 2. The molecule has 2 saturated carbocycles. The quantitative estimate of drug-likeness (QED) is 0.166. The van der Waals surface area contributed by atoms with Crippen LogP contribution < -0.4 is 9.80 Å². The highest BCUT2D eigenvalue weighted by Gasteiger charge is 2.47. The first-order valence-corrected chi connectivity index (χ1v) is 21.2. The van der Waals surface area contributed by atoms with Crippen molar-refractivity contribution in [1.82, 2.24) is 0 Å². The lowest BCUT2D eigenvalue weighted by Crippen LogP contribution is -2.25. The average Bonchev–Trinajstić information content (AvgIpc) is 4.06. The number of aryl methyl sites for hydroxylation is 1. The molecule has 0 amide bonds. The van der Waals surface area contributed by atoms with Crippen LogP contribution in [0.4, 0.5) is 34.1 Å². The van der Waals surface area contributed by atoms with Gasteiger partial charge in [-0.2, -0.15) is 0 Å². The molecular weight excluding hydrogens is 689 g/mol. The van der Waals surface area contributed by atoms with Crippen LogP contribution in [-0.2, 0) is 10.8 Å². The average molecular weight is 735 g/mol. The molecule has 2 fully saturated rings. The Labute approximate surface area is 336 Å². The van der Waals surface area contributed by atoms with Crippen LogP contribution >= 0.6 is 0 Å². The second kappa shape index (κ2) is 12.4. The summed E-state index contributed by atoms with van der Waals surface area (Å²) in [6.45, 7) is 2.25. The Morgan fingerprint density at radius 1 is 0.386 bits per heavy atom. The van der Waals surface area contributed by atoms with Gasteiger partial charge in [0.25, 0.3) is 0 Å². The molecule has 4 aliphatic carbocycles. The van der Waals surface area contributed by atoms with Gasteiger partial charge < -0.3 is 9.80 Å². The van der Waals surface area contributed by atoms with Crippen LogP contribution in [0.15, 0.2) is 152 Å². The van der Waals surface area contributed by atoms with Gasteiger partial charge in [-0.05, 0) is 137 Å². The normalized spacial score (nSPS) is 17.5. The van der Waals surface area contributed by atoms with Gasteiger partial charge in [-0.1, -0.05) is 147 Å². The number of hydrogen-bond acceptors (Lipinski definition) is 2. The Kier molecular flexibility index (Phi) is 7.21. The van der Waals surface area contributed by atoms with E-state index in [2.05, 4.69) is 181 Å². The topological polar surface area (TPSA) is 6.48 Å². The largest absolute Gasteiger partial charge is 0.306 e. The maximum atomic E-state index is 2.55. The Morgan fingerprint density at radius 2 is 0.789 bits per heavy atom. The number of para-hydroxylation sites is 5. The highest BCUT2D eigenvalue weighted by molar-refractivity contribution is 6.02. The van der Waals surface area contributed by atoms with E-state index in [0.717, 1.165) is 0 Å². The van der Waals surface area contributed by atoms with Gasteiger partial charge in [0.1, 0.15) is 0 Å². The summed E-state index contributed by atoms with van der Waals surface area (Å²) in [5, 5.41) is 0. The van der Waals surface area contributed by atoms with E-state index in [1.165, 1.54) is 136 Å². The van der Waals surface area contributed by atoms with Crippen LogP contribution in [0.3, 0.4) is 0 Å². The SMILES string of the molecule is Cc1ccc2c(c1)C1(CCCC1)c1cc(C=Cc3ccc4c(c3)C3(CCCC3)c3cc(N5c6ccccc6N(c6ccccc6)c6ccccc65)ccc3-4)ccc1-2. The Morgan fingerprint density at radius 3 is 1.30 bits per heavy atom. The summed E-state index contributed by atoms with van der Waals surface area (Å²) in [7, 11) is 0. The van der Waals surface area contributed by atoms with Crippen LogP contribution in [-0.4, -0.2) is 0 Å². The fourth-order valence-corrected chi connectivity index (χ4v) is 11.8. The molecule has 0 aromatic heterocycles. The smallest absolute Gasteiger partial charge is 0.0703 e. The first kappa shape index (κ1) is 33.1. The first-order valence-electron chi connectivity index (χ1n) is 21.2. The van der Waals surface area contributed by atoms with E-state index in [4.69, 9.17) is 0 Å². The molecule has 2 heteroatoms. The predicted molar refractivity (Wildman–Crippen MR) is 239 cm³/mol. The number of fused-ring (bicyclic) bond motifs is 12. The van der Waals surface area contributed by atoms with Crippen molar-refractivity contribution in [2.24, 2.45) is 0 Å². The van der Waals surface area contributed by atoms with Crippen molar-refractivity contribution in [3.05, 3.63) is 191 Å². The number of anilines is 6. The molecule has 276 valence electrons. The van der Waals surface area contributed by atoms with Crippen LogP contribution in [0.1, 0.15) is 90.3 Å². The molecule has 0 saturated heterocycles. The molecule has 2 spiro atoms. The predicted octanol–water partition coefficient (Wildman–Crippen LogP) is 15.1. The molecule has 7 aromatic rings. The monoisotopic (exact) mass is 734 g/mol. The van der Waals surface area contributed by atoms with Gasteiger partial charge in [0.15, 0.2) is 0 Å². The molecular formula is C55H46N2. The van der Waals surface area contributed by atoms with E-state index in [0.29, 0.717) is 0 Å². The molecule has 0 bridgehead atoms. The highest BCUT2D eigenvalue weighted by Crippen LogP contribution is 2.60. The molecule has 0 radical (unpaired) electrons. The Bertz CT molecular complexity index is 2730. The van der Waals surface area contributed by atoms with Gasteiger partial charge >= 0.3 is 0 Å². The van der Waals surface area contributed by atoms with Crippen molar-refractivity contribution in [1.29, 1.82) is 0 Å². The molecule has 2 nitrogen and oxygen atoms in total. The second-order valence-electron chi connectivity index (χ2n) is 17.3. The van der Waals surface area contributed by atoms with Crippen LogP contribution in [0.2, 0.25) is 0 Å². The van der Waals surface area contributed by atoms with Crippen molar-refractivity contribution < 1.29 is 0 Å². The van der Waals surface area contributed by atoms with Crippen LogP contribution in [0.25, 0.3) is 34.4 Å². The van der Waals surface area contributed by atoms with E-state index in [9.17, 15) is 0 Å². The van der Waals surface area contributed by atoms with E-state index < -0.39 is 0 Å². The van der Waals surface area contributed by atoms with Crippen molar-refractivity contribution >= 4 is 46.3 Å². The summed E-state index contributed by atoms with van der Waals surface area (Å²) in [4.78, 5) is 4.91. The maximum Gasteiger partial charge on any atom is 0.0703 e. The van der Waals surface area contributed by atoms with E-state index in [-0.39, 0.29) is 10.8 Å². The minimum absolute atomic E-state index is 0.0434. The summed E-state index contributed by atoms with van der Waals surface area (Å²) in [6, 6.07) is 57.6. The van der Waals surface area contributed by atoms with E-state index >= 15 is 0 Å². The zero-order valence-corrected chi connectivity index (χ0v) is 32.6. The molecule has 12 rings (SSSR count). The van der Waals surface area contributed by atoms with E-state index in [1.807, 2.05) is 0 Å². The van der Waals surface area contributed by atoms with Gasteiger partial charge in [0.2, 0.25) is 0 Å². The van der Waals surface area contributed by atoms with Crippen LogP contribution in [0.5, 0.6) is 0 Å². The van der Waals surface area contributed by atoms with Crippen molar-refractivity contribution in [3.63, 3.8) is 0 Å². The molecule has 1 aliphatic heterocycles. The summed E-state index contributed by atoms with van der Waals surface area (Å²) >= 11 is 0.